The second kappa shape index (κ2) is 7.47. The van der Waals surface area contributed by atoms with Crippen molar-refractivity contribution in [2.75, 3.05) is 7.11 Å². The summed E-state index contributed by atoms with van der Waals surface area (Å²) in [5, 5.41) is 13.2. The van der Waals surface area contributed by atoms with Crippen LogP contribution in [0.25, 0.3) is 28.7 Å². The van der Waals surface area contributed by atoms with Crippen LogP contribution in [-0.4, -0.2) is 37.9 Å². The van der Waals surface area contributed by atoms with Crippen LogP contribution in [-0.2, 0) is 0 Å². The van der Waals surface area contributed by atoms with Crippen LogP contribution in [0, 0.1) is 20.8 Å². The van der Waals surface area contributed by atoms with Crippen LogP contribution in [0.15, 0.2) is 47.2 Å². The number of nitrogens with zero attached hydrogens (tertiary/aromatic N) is 4. The fraction of sp³-hybridized carbons (Fsp3) is 0.182. The minimum Gasteiger partial charge on any atom is -0.496 e. The highest BCUT2D eigenvalue weighted by Gasteiger charge is 2.21. The molecule has 0 saturated heterocycles. The normalized spacial score (nSPS) is 10.9. The molecular weight excluding hydrogens is 384 g/mol. The first-order valence-electron chi connectivity index (χ1n) is 9.27. The lowest BCUT2D eigenvalue weighted by atomic mass is 10.1. The second-order valence-corrected chi connectivity index (χ2v) is 6.93. The summed E-state index contributed by atoms with van der Waals surface area (Å²) >= 11 is 0. The number of carboxylic acids is 1. The first-order chi connectivity index (χ1) is 14.4. The monoisotopic (exact) mass is 404 g/mol. The van der Waals surface area contributed by atoms with E-state index in [1.807, 2.05) is 17.6 Å². The highest BCUT2D eigenvalue weighted by molar-refractivity contribution is 5.89. The highest BCUT2D eigenvalue weighted by Crippen LogP contribution is 2.32. The smallest absolute Gasteiger partial charge is 0.335 e. The van der Waals surface area contributed by atoms with E-state index < -0.39 is 5.97 Å². The molecule has 152 valence electrons. The third kappa shape index (κ3) is 3.22. The van der Waals surface area contributed by atoms with Crippen LogP contribution < -0.4 is 4.74 Å². The number of aromatic nitrogens is 4. The Morgan fingerprint density at radius 1 is 1.13 bits per heavy atom. The summed E-state index contributed by atoms with van der Waals surface area (Å²) in [6.07, 6.45) is 1.74. The molecule has 0 aliphatic carbocycles. The van der Waals surface area contributed by atoms with Gasteiger partial charge < -0.3 is 18.9 Å². The Morgan fingerprint density at radius 2 is 1.87 bits per heavy atom. The number of rotatable bonds is 5. The third-order valence-corrected chi connectivity index (χ3v) is 5.00. The first kappa shape index (κ1) is 19.4. The molecule has 0 aliphatic rings. The molecule has 0 aliphatic heterocycles. The molecule has 0 unspecified atom stereocenters. The summed E-state index contributed by atoms with van der Waals surface area (Å²) in [4.78, 5) is 20.1. The van der Waals surface area contributed by atoms with Crippen molar-refractivity contribution in [1.29, 1.82) is 0 Å². The van der Waals surface area contributed by atoms with Crippen LogP contribution in [0.2, 0.25) is 0 Å². The van der Waals surface area contributed by atoms with Crippen molar-refractivity contribution in [2.24, 2.45) is 0 Å². The van der Waals surface area contributed by atoms with E-state index in [2.05, 4.69) is 41.1 Å². The molecule has 0 saturated carbocycles. The van der Waals surface area contributed by atoms with Gasteiger partial charge in [-0.2, -0.15) is 4.98 Å². The number of carboxylic acid groups (broad SMARTS) is 1. The summed E-state index contributed by atoms with van der Waals surface area (Å²) in [6, 6.07) is 10.6. The van der Waals surface area contributed by atoms with Gasteiger partial charge in [0.15, 0.2) is 0 Å². The van der Waals surface area contributed by atoms with Crippen LogP contribution in [0.5, 0.6) is 5.75 Å². The van der Waals surface area contributed by atoms with Crippen molar-refractivity contribution in [3.05, 3.63) is 65.1 Å². The number of para-hydroxylation sites is 1. The maximum Gasteiger partial charge on any atom is 0.335 e. The van der Waals surface area contributed by atoms with Gasteiger partial charge in [-0.05, 0) is 50.1 Å². The van der Waals surface area contributed by atoms with Gasteiger partial charge >= 0.3 is 5.97 Å². The number of hydrogen-bond acceptors (Lipinski definition) is 6. The Morgan fingerprint density at radius 3 is 2.53 bits per heavy atom. The topological polar surface area (TPSA) is 103 Å². The number of hydrogen-bond donors (Lipinski definition) is 1. The number of imidazole rings is 1. The molecule has 2 aromatic heterocycles. The molecule has 30 heavy (non-hydrogen) atoms. The quantitative estimate of drug-likeness (QED) is 0.531. The van der Waals surface area contributed by atoms with Crippen LogP contribution >= 0.6 is 0 Å². The van der Waals surface area contributed by atoms with Gasteiger partial charge in [0.05, 0.1) is 29.6 Å². The van der Waals surface area contributed by atoms with Crippen LogP contribution in [0.1, 0.15) is 27.2 Å². The summed E-state index contributed by atoms with van der Waals surface area (Å²) in [6.45, 7) is 6.05. The SMILES string of the molecule is COc1cc(C(=O)O)ccc1-c1noc(-c2ncn(-c3c(C)cccc3C)c2C)n1. The van der Waals surface area contributed by atoms with E-state index >= 15 is 0 Å². The maximum atomic E-state index is 11.2. The van der Waals surface area contributed by atoms with E-state index in [0.717, 1.165) is 22.5 Å². The predicted octanol–water partition coefficient (Wildman–Crippen LogP) is 4.22. The number of methoxy groups -OCH3 is 1. The fourth-order valence-electron chi connectivity index (χ4n) is 3.47. The van der Waals surface area contributed by atoms with Crippen molar-refractivity contribution < 1.29 is 19.2 Å². The number of ether oxygens (including phenoxy) is 1. The van der Waals surface area contributed by atoms with Gasteiger partial charge in [0.2, 0.25) is 5.82 Å². The Hall–Kier alpha value is -3.94. The lowest BCUT2D eigenvalue weighted by Crippen LogP contribution is -2.01. The summed E-state index contributed by atoms with van der Waals surface area (Å²) in [7, 11) is 1.46. The molecule has 2 heterocycles. The molecular formula is C22H20N4O4. The zero-order chi connectivity index (χ0) is 21.4. The third-order valence-electron chi connectivity index (χ3n) is 5.00. The zero-order valence-electron chi connectivity index (χ0n) is 17.0. The molecule has 0 spiro atoms. The summed E-state index contributed by atoms with van der Waals surface area (Å²) in [5.41, 5.74) is 5.44. The average molecular weight is 404 g/mol. The largest absolute Gasteiger partial charge is 0.496 e. The molecule has 0 fully saturated rings. The van der Waals surface area contributed by atoms with Crippen molar-refractivity contribution in [2.45, 2.75) is 20.8 Å². The fourth-order valence-corrected chi connectivity index (χ4v) is 3.47. The minimum atomic E-state index is -1.04. The summed E-state index contributed by atoms with van der Waals surface area (Å²) in [5.74, 6) is -0.127. The van der Waals surface area contributed by atoms with Crippen molar-refractivity contribution >= 4 is 5.97 Å². The highest BCUT2D eigenvalue weighted by atomic mass is 16.5. The lowest BCUT2D eigenvalue weighted by molar-refractivity contribution is 0.0696. The van der Waals surface area contributed by atoms with Gasteiger partial charge in [-0.15, -0.1) is 0 Å². The van der Waals surface area contributed by atoms with E-state index in [-0.39, 0.29) is 11.5 Å². The molecule has 0 atom stereocenters. The van der Waals surface area contributed by atoms with Crippen molar-refractivity contribution in [3.63, 3.8) is 0 Å². The number of aromatic carboxylic acids is 1. The molecule has 1 N–H and O–H groups in total. The molecule has 0 amide bonds. The van der Waals surface area contributed by atoms with Gasteiger partial charge in [0, 0.05) is 0 Å². The number of aryl methyl sites for hydroxylation is 2. The first-order valence-corrected chi connectivity index (χ1v) is 9.27. The van der Waals surface area contributed by atoms with Gasteiger partial charge in [-0.3, -0.25) is 0 Å². The zero-order valence-corrected chi connectivity index (χ0v) is 17.0. The standard InChI is InChI=1S/C22H20N4O4/c1-12-6-5-7-13(2)19(12)26-11-23-18(14(26)3)21-24-20(25-30-21)16-9-8-15(22(27)28)10-17(16)29-4/h5-11H,1-4H3,(H,27,28). The summed E-state index contributed by atoms with van der Waals surface area (Å²) < 4.78 is 12.8. The van der Waals surface area contributed by atoms with Gasteiger partial charge in [0.1, 0.15) is 17.8 Å². The van der Waals surface area contributed by atoms with Gasteiger partial charge in [0.25, 0.3) is 5.89 Å². The van der Waals surface area contributed by atoms with E-state index in [0.29, 0.717) is 22.8 Å². The van der Waals surface area contributed by atoms with E-state index in [4.69, 9.17) is 14.4 Å². The lowest BCUT2D eigenvalue weighted by Gasteiger charge is -2.12. The Balaban J connectivity index is 1.74. The van der Waals surface area contributed by atoms with Crippen LogP contribution in [0.4, 0.5) is 0 Å². The van der Waals surface area contributed by atoms with Crippen LogP contribution in [0.3, 0.4) is 0 Å². The molecule has 2 aromatic carbocycles. The van der Waals surface area contributed by atoms with E-state index in [1.54, 1.807) is 12.4 Å². The molecule has 4 rings (SSSR count). The van der Waals surface area contributed by atoms with E-state index in [9.17, 15) is 4.79 Å². The molecule has 0 radical (unpaired) electrons. The maximum absolute atomic E-state index is 11.2. The molecule has 8 nitrogen and oxygen atoms in total. The number of carbonyl (C=O) groups is 1. The predicted molar refractivity (Wildman–Crippen MR) is 110 cm³/mol. The molecule has 4 aromatic rings. The molecule has 0 bridgehead atoms. The van der Waals surface area contributed by atoms with Gasteiger partial charge in [-0.1, -0.05) is 23.4 Å². The average Bonchev–Trinajstić information content (AvgIpc) is 3.34. The van der Waals surface area contributed by atoms with Crippen molar-refractivity contribution in [1.82, 2.24) is 19.7 Å². The molecule has 8 heteroatoms. The Bertz CT molecular complexity index is 1240. The van der Waals surface area contributed by atoms with Gasteiger partial charge in [-0.25, -0.2) is 9.78 Å². The Labute approximate surface area is 172 Å². The van der Waals surface area contributed by atoms with Crippen molar-refractivity contribution in [3.8, 4) is 34.4 Å². The second-order valence-electron chi connectivity index (χ2n) is 6.93. The number of benzene rings is 2. The Kier molecular flexibility index (Phi) is 4.83. The van der Waals surface area contributed by atoms with E-state index in [1.165, 1.54) is 19.2 Å². The minimum absolute atomic E-state index is 0.113.